The average molecular weight is 380 g/mol. The smallest absolute Gasteiger partial charge is 0.263 e. The van der Waals surface area contributed by atoms with Crippen LogP contribution in [-0.4, -0.2) is 28.9 Å². The molecule has 2 fully saturated rings. The van der Waals surface area contributed by atoms with Gasteiger partial charge in [0.2, 0.25) is 5.91 Å². The summed E-state index contributed by atoms with van der Waals surface area (Å²) in [4.78, 5) is 29.1. The Balaban J connectivity index is 1.52. The van der Waals surface area contributed by atoms with E-state index in [9.17, 15) is 14.0 Å². The fourth-order valence-corrected chi connectivity index (χ4v) is 4.64. The van der Waals surface area contributed by atoms with Gasteiger partial charge >= 0.3 is 0 Å². The first-order valence-corrected chi connectivity index (χ1v) is 9.24. The van der Waals surface area contributed by atoms with E-state index in [0.29, 0.717) is 15.4 Å². The molecule has 0 radical (unpaired) electrons. The molecule has 0 bridgehead atoms. The highest BCUT2D eigenvalue weighted by atomic mass is 35.5. The molecular weight excluding hydrogens is 365 g/mol. The number of nitrogens with one attached hydrogen (secondary N) is 2. The predicted octanol–water partition coefficient (Wildman–Crippen LogP) is 3.00. The minimum atomic E-state index is -0.492. The normalized spacial score (nSPS) is 24.9. The zero-order valence-corrected chi connectivity index (χ0v) is 14.7. The van der Waals surface area contributed by atoms with E-state index in [0.717, 1.165) is 30.6 Å². The molecule has 25 heavy (non-hydrogen) atoms. The minimum absolute atomic E-state index is 0.121. The summed E-state index contributed by atoms with van der Waals surface area (Å²) in [6.07, 6.45) is 4.40. The maximum Gasteiger partial charge on any atom is 0.263 e. The van der Waals surface area contributed by atoms with Gasteiger partial charge in [-0.3, -0.25) is 9.59 Å². The standard InChI is InChI=1S/C17H15ClFN3O2S/c18-9-4-8(5-10(19)6-9)17-20-7-13(25-17)15(23)22-14-11-2-1-3-12(11)21-16(14)24/h4-7,11-12,14H,1-3H2,(H,21,24)(H,22,23)/t11-,12+,14-/m0/s1. The monoisotopic (exact) mass is 379 g/mol. The molecule has 5 nitrogen and oxygen atoms in total. The zero-order chi connectivity index (χ0) is 17.6. The van der Waals surface area contributed by atoms with Gasteiger partial charge < -0.3 is 10.6 Å². The Hall–Kier alpha value is -1.99. The summed E-state index contributed by atoms with van der Waals surface area (Å²) in [6.45, 7) is 0. The molecule has 8 heteroatoms. The predicted molar refractivity (Wildman–Crippen MR) is 93.0 cm³/mol. The summed E-state index contributed by atoms with van der Waals surface area (Å²) < 4.78 is 13.5. The first-order chi connectivity index (χ1) is 12.0. The third kappa shape index (κ3) is 3.14. The molecule has 0 unspecified atom stereocenters. The molecular formula is C17H15ClFN3O2S. The molecule has 1 aliphatic heterocycles. The van der Waals surface area contributed by atoms with Gasteiger partial charge in [-0.15, -0.1) is 11.3 Å². The Labute approximate surface area is 152 Å². The number of carbonyl (C=O) groups excluding carboxylic acids is 2. The van der Waals surface area contributed by atoms with Crippen LogP contribution in [0.3, 0.4) is 0 Å². The van der Waals surface area contributed by atoms with Crippen LogP contribution in [0.2, 0.25) is 5.02 Å². The highest BCUT2D eigenvalue weighted by Crippen LogP contribution is 2.33. The molecule has 1 aromatic carbocycles. The van der Waals surface area contributed by atoms with Crippen LogP contribution in [0.25, 0.3) is 10.6 Å². The van der Waals surface area contributed by atoms with Gasteiger partial charge in [0.1, 0.15) is 21.7 Å². The zero-order valence-electron chi connectivity index (χ0n) is 13.1. The quantitative estimate of drug-likeness (QED) is 0.861. The lowest BCUT2D eigenvalue weighted by Gasteiger charge is -2.16. The SMILES string of the molecule is O=C(N[C@@H]1C(=O)N[C@@H]2CCC[C@H]12)c1cnc(-c2cc(F)cc(Cl)c2)s1. The average Bonchev–Trinajstić information content (AvgIpc) is 3.25. The number of fused-ring (bicyclic) bond motifs is 1. The van der Waals surface area contributed by atoms with Crippen LogP contribution in [-0.2, 0) is 4.79 Å². The summed E-state index contributed by atoms with van der Waals surface area (Å²) in [5.41, 5.74) is 0.517. The van der Waals surface area contributed by atoms with Crippen molar-refractivity contribution < 1.29 is 14.0 Å². The third-order valence-corrected chi connectivity index (χ3v) is 6.00. The van der Waals surface area contributed by atoms with E-state index in [1.807, 2.05) is 0 Å². The number of benzene rings is 1. The molecule has 0 spiro atoms. The van der Waals surface area contributed by atoms with Crippen LogP contribution < -0.4 is 10.6 Å². The van der Waals surface area contributed by atoms with Crippen LogP contribution in [0.15, 0.2) is 24.4 Å². The minimum Gasteiger partial charge on any atom is -0.351 e. The first-order valence-electron chi connectivity index (χ1n) is 8.05. The fourth-order valence-electron chi connectivity index (χ4n) is 3.61. The van der Waals surface area contributed by atoms with Crippen LogP contribution >= 0.6 is 22.9 Å². The van der Waals surface area contributed by atoms with E-state index < -0.39 is 11.9 Å². The number of aromatic nitrogens is 1. The topological polar surface area (TPSA) is 71.1 Å². The first kappa shape index (κ1) is 16.5. The summed E-state index contributed by atoms with van der Waals surface area (Å²) in [6, 6.07) is 3.81. The van der Waals surface area contributed by atoms with Crippen molar-refractivity contribution in [2.24, 2.45) is 5.92 Å². The highest BCUT2D eigenvalue weighted by molar-refractivity contribution is 7.16. The largest absolute Gasteiger partial charge is 0.351 e. The molecule has 2 aliphatic rings. The van der Waals surface area contributed by atoms with Crippen LogP contribution in [0.4, 0.5) is 4.39 Å². The Bertz CT molecular complexity index is 836. The number of rotatable bonds is 3. The molecule has 4 rings (SSSR count). The fraction of sp³-hybridized carbons (Fsp3) is 0.353. The molecule has 2 N–H and O–H groups in total. The van der Waals surface area contributed by atoms with E-state index in [2.05, 4.69) is 15.6 Å². The van der Waals surface area contributed by atoms with Gasteiger partial charge in [0.15, 0.2) is 0 Å². The van der Waals surface area contributed by atoms with Crippen molar-refractivity contribution in [2.75, 3.05) is 0 Å². The Morgan fingerprint density at radius 2 is 2.20 bits per heavy atom. The van der Waals surface area contributed by atoms with Gasteiger partial charge in [0, 0.05) is 22.5 Å². The second kappa shape index (κ2) is 6.38. The van der Waals surface area contributed by atoms with Gasteiger partial charge in [-0.2, -0.15) is 0 Å². The summed E-state index contributed by atoms with van der Waals surface area (Å²) in [5.74, 6) is -0.756. The number of halogens is 2. The molecule has 1 saturated heterocycles. The van der Waals surface area contributed by atoms with Gasteiger partial charge in [0.05, 0.1) is 6.20 Å². The molecule has 2 heterocycles. The molecule has 1 saturated carbocycles. The lowest BCUT2D eigenvalue weighted by atomic mass is 9.99. The van der Waals surface area contributed by atoms with Crippen molar-refractivity contribution in [3.8, 4) is 10.6 Å². The van der Waals surface area contributed by atoms with Crippen molar-refractivity contribution in [1.29, 1.82) is 0 Å². The Morgan fingerprint density at radius 1 is 1.36 bits per heavy atom. The molecule has 1 aliphatic carbocycles. The molecule has 1 aromatic heterocycles. The van der Waals surface area contributed by atoms with Crippen molar-refractivity contribution in [1.82, 2.24) is 15.6 Å². The van der Waals surface area contributed by atoms with Gasteiger partial charge in [-0.1, -0.05) is 18.0 Å². The molecule has 2 amide bonds. The van der Waals surface area contributed by atoms with Gasteiger partial charge in [-0.05, 0) is 31.0 Å². The maximum absolute atomic E-state index is 13.5. The van der Waals surface area contributed by atoms with E-state index in [-0.39, 0.29) is 28.8 Å². The maximum atomic E-state index is 13.5. The van der Waals surface area contributed by atoms with E-state index >= 15 is 0 Å². The number of thiazole rings is 1. The summed E-state index contributed by atoms with van der Waals surface area (Å²) in [7, 11) is 0. The van der Waals surface area contributed by atoms with Crippen molar-refractivity contribution in [3.05, 3.63) is 40.1 Å². The second-order valence-electron chi connectivity index (χ2n) is 6.35. The molecule has 3 atom stereocenters. The number of hydrogen-bond acceptors (Lipinski definition) is 4. The van der Waals surface area contributed by atoms with Crippen molar-refractivity contribution in [3.63, 3.8) is 0 Å². The number of nitrogens with zero attached hydrogens (tertiary/aromatic N) is 1. The number of amides is 2. The summed E-state index contributed by atoms with van der Waals surface area (Å²) >= 11 is 7.00. The van der Waals surface area contributed by atoms with Gasteiger partial charge in [0.25, 0.3) is 5.91 Å². The lowest BCUT2D eigenvalue weighted by Crippen LogP contribution is -2.43. The third-order valence-electron chi connectivity index (χ3n) is 4.73. The Morgan fingerprint density at radius 3 is 3.00 bits per heavy atom. The van der Waals surface area contributed by atoms with Crippen LogP contribution in [0.5, 0.6) is 0 Å². The number of carbonyl (C=O) groups is 2. The second-order valence-corrected chi connectivity index (χ2v) is 7.82. The van der Waals surface area contributed by atoms with E-state index in [1.165, 1.54) is 18.3 Å². The van der Waals surface area contributed by atoms with Gasteiger partial charge in [-0.25, -0.2) is 9.37 Å². The summed E-state index contributed by atoms with van der Waals surface area (Å²) in [5, 5.41) is 6.54. The highest BCUT2D eigenvalue weighted by Gasteiger charge is 2.45. The van der Waals surface area contributed by atoms with Crippen molar-refractivity contribution in [2.45, 2.75) is 31.3 Å². The Kier molecular flexibility index (Phi) is 4.21. The van der Waals surface area contributed by atoms with Crippen molar-refractivity contribution >= 4 is 34.8 Å². The van der Waals surface area contributed by atoms with E-state index in [4.69, 9.17) is 11.6 Å². The van der Waals surface area contributed by atoms with E-state index in [1.54, 1.807) is 6.07 Å². The lowest BCUT2D eigenvalue weighted by molar-refractivity contribution is -0.121. The molecule has 2 aromatic rings. The molecule has 130 valence electrons. The van der Waals surface area contributed by atoms with Crippen LogP contribution in [0.1, 0.15) is 28.9 Å². The van der Waals surface area contributed by atoms with Crippen LogP contribution in [0, 0.1) is 11.7 Å². The number of hydrogen-bond donors (Lipinski definition) is 2.